The van der Waals surface area contributed by atoms with E-state index < -0.39 is 5.24 Å². The van der Waals surface area contributed by atoms with Gasteiger partial charge in [-0.25, -0.2) is 5.84 Å². The summed E-state index contributed by atoms with van der Waals surface area (Å²) in [6.07, 6.45) is 0.250. The van der Waals surface area contributed by atoms with Crippen molar-refractivity contribution in [3.63, 3.8) is 0 Å². The highest BCUT2D eigenvalue weighted by Crippen LogP contribution is 1.65. The Morgan fingerprint density at radius 3 is 1.75 bits per heavy atom. The fraction of sp³-hybridized carbons (Fsp3) is 0. The second-order valence-electron chi connectivity index (χ2n) is 0.533. The van der Waals surface area contributed by atoms with Gasteiger partial charge in [0.15, 0.2) is 0 Å². The lowest BCUT2D eigenvalue weighted by molar-refractivity contribution is -0.191. The minimum absolute atomic E-state index is 0.250. The summed E-state index contributed by atoms with van der Waals surface area (Å²) in [6.45, 7) is 0. The van der Waals surface area contributed by atoms with E-state index in [1.54, 1.807) is 5.43 Å². The molecule has 5 nitrogen and oxygen atoms in total. The van der Waals surface area contributed by atoms with Crippen LogP contribution < -0.4 is 11.3 Å². The van der Waals surface area contributed by atoms with Gasteiger partial charge in [-0.2, -0.15) is 9.59 Å². The van der Waals surface area contributed by atoms with Crippen LogP contribution in [-0.4, -0.2) is 11.4 Å². The highest BCUT2D eigenvalue weighted by Gasteiger charge is 1.74. The van der Waals surface area contributed by atoms with Crippen molar-refractivity contribution >= 4 is 24.0 Å². The summed E-state index contributed by atoms with van der Waals surface area (Å²) in [5.74, 6) is 4.50. The highest BCUT2D eigenvalue weighted by atomic mass is 32.1. The first-order valence-corrected chi connectivity index (χ1v) is 1.82. The molecule has 0 saturated heterocycles. The Labute approximate surface area is 50.6 Å². The molecule has 0 heterocycles. The molecule has 0 aromatic rings. The van der Waals surface area contributed by atoms with Crippen LogP contribution in [0.2, 0.25) is 0 Å². The Balaban J connectivity index is 0. The lowest BCUT2D eigenvalue weighted by Crippen LogP contribution is -2.23. The van der Waals surface area contributed by atoms with Gasteiger partial charge in [0.2, 0.25) is 0 Å². The fourth-order valence-electron chi connectivity index (χ4n) is 0. The Kier molecular flexibility index (Phi) is 12.1. The number of carbonyl (C=O) groups excluding carboxylic acids is 3. The zero-order valence-electron chi connectivity index (χ0n) is 3.75. The minimum Gasteiger partial charge on any atom is -0.285 e. The average molecular weight is 136 g/mol. The van der Waals surface area contributed by atoms with Crippen molar-refractivity contribution in [3.8, 4) is 0 Å². The number of amides is 1. The minimum atomic E-state index is -0.523. The number of rotatable bonds is 0. The van der Waals surface area contributed by atoms with Gasteiger partial charge in [-0.15, -0.1) is 0 Å². The zero-order chi connectivity index (χ0) is 6.99. The first-order valence-electron chi connectivity index (χ1n) is 1.37. The van der Waals surface area contributed by atoms with Crippen molar-refractivity contribution in [2.24, 2.45) is 5.84 Å². The van der Waals surface area contributed by atoms with Gasteiger partial charge in [-0.1, -0.05) is 12.6 Å². The third-order valence-electron chi connectivity index (χ3n) is 0.123. The van der Waals surface area contributed by atoms with E-state index >= 15 is 0 Å². The molecular formula is C2H4N2O3S. The molecule has 0 aliphatic rings. The van der Waals surface area contributed by atoms with Crippen LogP contribution in [0.25, 0.3) is 0 Å². The van der Waals surface area contributed by atoms with E-state index in [0.29, 0.717) is 0 Å². The quantitative estimate of drug-likeness (QED) is 0.171. The lowest BCUT2D eigenvalue weighted by atomic mass is 11.4. The Morgan fingerprint density at radius 2 is 1.75 bits per heavy atom. The number of hydrazine groups is 1. The van der Waals surface area contributed by atoms with E-state index in [4.69, 9.17) is 9.59 Å². The van der Waals surface area contributed by atoms with Crippen LogP contribution in [0.5, 0.6) is 0 Å². The maximum Gasteiger partial charge on any atom is 0.373 e. The summed E-state index contributed by atoms with van der Waals surface area (Å²) in [6, 6.07) is 0. The maximum atomic E-state index is 9.44. The van der Waals surface area contributed by atoms with E-state index in [2.05, 4.69) is 18.5 Å². The van der Waals surface area contributed by atoms with Gasteiger partial charge in [-0.05, 0) is 0 Å². The number of hydrogen-bond donors (Lipinski definition) is 3. The molecule has 0 spiro atoms. The van der Waals surface area contributed by atoms with Crippen molar-refractivity contribution in [1.82, 2.24) is 5.43 Å². The van der Waals surface area contributed by atoms with Crippen LogP contribution >= 0.6 is 12.6 Å². The normalized spacial score (nSPS) is 5.25. The van der Waals surface area contributed by atoms with Crippen molar-refractivity contribution in [3.05, 3.63) is 0 Å². The summed E-state index contributed by atoms with van der Waals surface area (Å²) < 4.78 is 0. The van der Waals surface area contributed by atoms with Crippen molar-refractivity contribution in [1.29, 1.82) is 0 Å². The van der Waals surface area contributed by atoms with Crippen LogP contribution in [0, 0.1) is 0 Å². The fourth-order valence-corrected chi connectivity index (χ4v) is 0. The number of nitrogens with two attached hydrogens (primary N) is 1. The maximum absolute atomic E-state index is 9.44. The molecule has 0 aliphatic heterocycles. The van der Waals surface area contributed by atoms with Gasteiger partial charge >= 0.3 is 6.15 Å². The molecule has 0 unspecified atom stereocenters. The van der Waals surface area contributed by atoms with Gasteiger partial charge in [0.25, 0.3) is 5.24 Å². The molecule has 0 rings (SSSR count). The summed E-state index contributed by atoms with van der Waals surface area (Å²) in [7, 11) is 0. The van der Waals surface area contributed by atoms with Crippen molar-refractivity contribution in [2.75, 3.05) is 0 Å². The molecule has 0 aliphatic carbocycles. The van der Waals surface area contributed by atoms with E-state index in [-0.39, 0.29) is 6.15 Å². The monoisotopic (exact) mass is 136 g/mol. The number of nitrogens with one attached hydrogen (secondary N) is 1. The first-order chi connectivity index (χ1) is 3.68. The van der Waals surface area contributed by atoms with Gasteiger partial charge in [-0.3, -0.25) is 10.2 Å². The van der Waals surface area contributed by atoms with Gasteiger partial charge < -0.3 is 0 Å². The molecular weight excluding hydrogens is 132 g/mol. The molecule has 46 valence electrons. The molecule has 0 radical (unpaired) electrons. The van der Waals surface area contributed by atoms with Crippen molar-refractivity contribution < 1.29 is 14.4 Å². The van der Waals surface area contributed by atoms with E-state index in [0.717, 1.165) is 0 Å². The Bertz CT molecular complexity index is 97.5. The molecule has 0 saturated carbocycles. The van der Waals surface area contributed by atoms with Crippen LogP contribution in [0.4, 0.5) is 4.79 Å². The second kappa shape index (κ2) is 9.48. The Morgan fingerprint density at radius 1 is 1.62 bits per heavy atom. The van der Waals surface area contributed by atoms with E-state index in [1.807, 2.05) is 0 Å². The SMILES string of the molecule is NNC(=O)S.O=C=O. The molecule has 1 amide bonds. The third kappa shape index (κ3) is 66.4. The average Bonchev–Trinajstić information content (AvgIpc) is 1.69. The van der Waals surface area contributed by atoms with E-state index in [1.165, 1.54) is 0 Å². The second-order valence-corrected chi connectivity index (χ2v) is 0.939. The summed E-state index contributed by atoms with van der Waals surface area (Å²) in [5, 5.41) is -0.523. The molecule has 0 aromatic carbocycles. The predicted molar refractivity (Wildman–Crippen MR) is 26.7 cm³/mol. The molecule has 6 heteroatoms. The topological polar surface area (TPSA) is 89.3 Å². The van der Waals surface area contributed by atoms with Gasteiger partial charge in [0.1, 0.15) is 0 Å². The Hall–Kier alpha value is -0.840. The standard InChI is InChI=1S/CH4N2OS.CO2/c2-3-1(4)5;2-1-3/h2H2,(H2,3,4,5);. The molecule has 3 N–H and O–H groups in total. The molecule has 8 heavy (non-hydrogen) atoms. The highest BCUT2D eigenvalue weighted by molar-refractivity contribution is 7.96. The predicted octanol–water partition coefficient (Wildman–Crippen LogP) is -1.08. The summed E-state index contributed by atoms with van der Waals surface area (Å²) >= 11 is 3.22. The molecule has 0 fully saturated rings. The van der Waals surface area contributed by atoms with Crippen LogP contribution in [0.3, 0.4) is 0 Å². The van der Waals surface area contributed by atoms with E-state index in [9.17, 15) is 4.79 Å². The van der Waals surface area contributed by atoms with Crippen LogP contribution in [0.1, 0.15) is 0 Å². The van der Waals surface area contributed by atoms with Crippen molar-refractivity contribution in [2.45, 2.75) is 0 Å². The van der Waals surface area contributed by atoms with Gasteiger partial charge in [0.05, 0.1) is 0 Å². The number of carbonyl (C=O) groups is 1. The number of thiol groups is 1. The molecule has 0 atom stereocenters. The smallest absolute Gasteiger partial charge is 0.285 e. The largest absolute Gasteiger partial charge is 0.373 e. The first kappa shape index (κ1) is 10.2. The molecule has 0 bridgehead atoms. The summed E-state index contributed by atoms with van der Waals surface area (Å²) in [4.78, 5) is 25.7. The zero-order valence-corrected chi connectivity index (χ0v) is 4.64. The van der Waals surface area contributed by atoms with Crippen LogP contribution in [0.15, 0.2) is 0 Å². The molecule has 0 aromatic heterocycles. The summed E-state index contributed by atoms with van der Waals surface area (Å²) in [5.41, 5.74) is 1.75. The number of hydrogen-bond acceptors (Lipinski definition) is 4. The van der Waals surface area contributed by atoms with Gasteiger partial charge in [0, 0.05) is 0 Å². The third-order valence-corrected chi connectivity index (χ3v) is 0.253. The lowest BCUT2D eigenvalue weighted by Gasteiger charge is -1.79. The van der Waals surface area contributed by atoms with Crippen LogP contribution in [-0.2, 0) is 9.59 Å².